The lowest BCUT2D eigenvalue weighted by molar-refractivity contribution is 0.730. The Kier molecular flexibility index (Phi) is 2.82. The quantitative estimate of drug-likeness (QED) is 0.760. The van der Waals surface area contributed by atoms with Crippen molar-refractivity contribution in [1.82, 2.24) is 9.55 Å². The number of para-hydroxylation sites is 1. The van der Waals surface area contributed by atoms with E-state index in [9.17, 15) is 0 Å². The molecule has 3 nitrogen and oxygen atoms in total. The molecule has 0 spiro atoms. The molecule has 0 bridgehead atoms. The Morgan fingerprint density at radius 3 is 2.78 bits per heavy atom. The van der Waals surface area contributed by atoms with Crippen molar-refractivity contribution in [3.63, 3.8) is 0 Å². The van der Waals surface area contributed by atoms with Gasteiger partial charge < -0.3 is 10.3 Å². The summed E-state index contributed by atoms with van der Waals surface area (Å²) in [6.45, 7) is 1.32. The summed E-state index contributed by atoms with van der Waals surface area (Å²) in [6, 6.07) is 16.4. The Labute approximate surface area is 106 Å². The van der Waals surface area contributed by atoms with Gasteiger partial charge in [-0.1, -0.05) is 24.3 Å². The maximum Gasteiger partial charge on any atom is 0.0706 e. The monoisotopic (exact) mass is 237 g/mol. The molecule has 0 amide bonds. The molecule has 0 aliphatic heterocycles. The van der Waals surface area contributed by atoms with Crippen LogP contribution in [0.2, 0.25) is 0 Å². The Morgan fingerprint density at radius 1 is 1.00 bits per heavy atom. The maximum absolute atomic E-state index is 5.70. The van der Waals surface area contributed by atoms with Crippen molar-refractivity contribution in [3.05, 3.63) is 66.1 Å². The standard InChI is InChI=1S/C15H15N3/c16-10-14-5-3-9-18(14)11-13-8-7-12-4-1-2-6-15(12)17-13/h1-9H,10-11,16H2. The molecule has 90 valence electrons. The topological polar surface area (TPSA) is 43.8 Å². The van der Waals surface area contributed by atoms with Crippen LogP contribution in [0.3, 0.4) is 0 Å². The molecule has 0 saturated heterocycles. The summed E-state index contributed by atoms with van der Waals surface area (Å²) in [4.78, 5) is 4.66. The van der Waals surface area contributed by atoms with Gasteiger partial charge in [0, 0.05) is 23.8 Å². The molecule has 0 fully saturated rings. The average molecular weight is 237 g/mol. The van der Waals surface area contributed by atoms with Crippen molar-refractivity contribution in [1.29, 1.82) is 0 Å². The highest BCUT2D eigenvalue weighted by molar-refractivity contribution is 5.78. The third-order valence-electron chi connectivity index (χ3n) is 3.12. The smallest absolute Gasteiger partial charge is 0.0706 e. The minimum Gasteiger partial charge on any atom is -0.344 e. The second-order valence-electron chi connectivity index (χ2n) is 4.33. The van der Waals surface area contributed by atoms with E-state index in [0.29, 0.717) is 6.54 Å². The molecule has 2 N–H and O–H groups in total. The Bertz CT molecular complexity index is 670. The highest BCUT2D eigenvalue weighted by Gasteiger charge is 2.02. The molecule has 0 aliphatic rings. The van der Waals surface area contributed by atoms with Crippen molar-refractivity contribution in [2.24, 2.45) is 5.73 Å². The molecule has 0 atom stereocenters. The molecule has 3 aromatic rings. The predicted octanol–water partition coefficient (Wildman–Crippen LogP) is 2.54. The van der Waals surface area contributed by atoms with E-state index in [2.05, 4.69) is 27.8 Å². The number of hydrogen-bond donors (Lipinski definition) is 1. The zero-order chi connectivity index (χ0) is 12.4. The zero-order valence-corrected chi connectivity index (χ0v) is 10.1. The third kappa shape index (κ3) is 2.00. The summed E-state index contributed by atoms with van der Waals surface area (Å²) < 4.78 is 2.14. The molecule has 1 aromatic carbocycles. The van der Waals surface area contributed by atoms with Crippen LogP contribution in [0.4, 0.5) is 0 Å². The van der Waals surface area contributed by atoms with Gasteiger partial charge in [0.15, 0.2) is 0 Å². The molecule has 3 heteroatoms. The first kappa shape index (κ1) is 11.0. The number of pyridine rings is 1. The van der Waals surface area contributed by atoms with Gasteiger partial charge in [0.25, 0.3) is 0 Å². The van der Waals surface area contributed by atoms with Gasteiger partial charge in [-0.25, -0.2) is 0 Å². The lowest BCUT2D eigenvalue weighted by Gasteiger charge is -2.08. The lowest BCUT2D eigenvalue weighted by Crippen LogP contribution is -2.08. The van der Waals surface area contributed by atoms with Crippen molar-refractivity contribution in [3.8, 4) is 0 Å². The highest BCUT2D eigenvalue weighted by atomic mass is 15.0. The van der Waals surface area contributed by atoms with Crippen LogP contribution in [0.5, 0.6) is 0 Å². The van der Waals surface area contributed by atoms with Crippen LogP contribution in [-0.2, 0) is 13.1 Å². The van der Waals surface area contributed by atoms with Crippen LogP contribution in [-0.4, -0.2) is 9.55 Å². The molecule has 0 unspecified atom stereocenters. The summed E-state index contributed by atoms with van der Waals surface area (Å²) in [5.74, 6) is 0. The van der Waals surface area contributed by atoms with E-state index in [-0.39, 0.29) is 0 Å². The van der Waals surface area contributed by atoms with E-state index in [0.717, 1.165) is 23.4 Å². The second kappa shape index (κ2) is 4.63. The van der Waals surface area contributed by atoms with E-state index in [4.69, 9.17) is 5.73 Å². The number of nitrogens with two attached hydrogens (primary N) is 1. The Morgan fingerprint density at radius 2 is 1.89 bits per heavy atom. The molecular weight excluding hydrogens is 222 g/mol. The number of aromatic nitrogens is 2. The van der Waals surface area contributed by atoms with Crippen molar-refractivity contribution in [2.75, 3.05) is 0 Å². The molecule has 18 heavy (non-hydrogen) atoms. The van der Waals surface area contributed by atoms with Gasteiger partial charge in [0.1, 0.15) is 0 Å². The normalized spacial score (nSPS) is 10.9. The van der Waals surface area contributed by atoms with Gasteiger partial charge in [0.2, 0.25) is 0 Å². The van der Waals surface area contributed by atoms with Crippen LogP contribution in [0.15, 0.2) is 54.7 Å². The SMILES string of the molecule is NCc1cccn1Cc1ccc2ccccc2n1. The van der Waals surface area contributed by atoms with E-state index in [1.807, 2.05) is 36.5 Å². The van der Waals surface area contributed by atoms with Gasteiger partial charge in [-0.05, 0) is 24.3 Å². The van der Waals surface area contributed by atoms with E-state index < -0.39 is 0 Å². The fraction of sp³-hybridized carbons (Fsp3) is 0.133. The predicted molar refractivity (Wildman–Crippen MR) is 73.2 cm³/mol. The van der Waals surface area contributed by atoms with Crippen molar-refractivity contribution in [2.45, 2.75) is 13.1 Å². The number of rotatable bonds is 3. The van der Waals surface area contributed by atoms with E-state index >= 15 is 0 Å². The summed E-state index contributed by atoms with van der Waals surface area (Å²) >= 11 is 0. The second-order valence-corrected chi connectivity index (χ2v) is 4.33. The first-order chi connectivity index (χ1) is 8.86. The lowest BCUT2D eigenvalue weighted by atomic mass is 10.2. The van der Waals surface area contributed by atoms with Crippen molar-refractivity contribution < 1.29 is 0 Å². The molecule has 2 aromatic heterocycles. The zero-order valence-electron chi connectivity index (χ0n) is 10.1. The van der Waals surface area contributed by atoms with Crippen LogP contribution < -0.4 is 5.73 Å². The summed E-state index contributed by atoms with van der Waals surface area (Å²) in [6.07, 6.45) is 2.04. The fourth-order valence-electron chi connectivity index (χ4n) is 2.16. The number of benzene rings is 1. The molecule has 0 aliphatic carbocycles. The van der Waals surface area contributed by atoms with Gasteiger partial charge >= 0.3 is 0 Å². The van der Waals surface area contributed by atoms with Gasteiger partial charge in [-0.2, -0.15) is 0 Å². The van der Waals surface area contributed by atoms with E-state index in [1.54, 1.807) is 0 Å². The molecular formula is C15H15N3. The number of hydrogen-bond acceptors (Lipinski definition) is 2. The Balaban J connectivity index is 1.95. The third-order valence-corrected chi connectivity index (χ3v) is 3.12. The largest absolute Gasteiger partial charge is 0.344 e. The maximum atomic E-state index is 5.70. The number of fused-ring (bicyclic) bond motifs is 1. The molecule has 0 saturated carbocycles. The minimum atomic E-state index is 0.556. The van der Waals surface area contributed by atoms with Gasteiger partial charge in [-0.15, -0.1) is 0 Å². The molecule has 3 rings (SSSR count). The Hall–Kier alpha value is -2.13. The van der Waals surface area contributed by atoms with Crippen LogP contribution in [0, 0.1) is 0 Å². The van der Waals surface area contributed by atoms with Crippen LogP contribution >= 0.6 is 0 Å². The summed E-state index contributed by atoms with van der Waals surface area (Å²) in [7, 11) is 0. The van der Waals surface area contributed by atoms with E-state index in [1.165, 1.54) is 5.39 Å². The minimum absolute atomic E-state index is 0.556. The highest BCUT2D eigenvalue weighted by Crippen LogP contribution is 2.13. The van der Waals surface area contributed by atoms with Crippen LogP contribution in [0.25, 0.3) is 10.9 Å². The van der Waals surface area contributed by atoms with Gasteiger partial charge in [-0.3, -0.25) is 4.98 Å². The summed E-state index contributed by atoms with van der Waals surface area (Å²) in [5.41, 5.74) is 8.92. The van der Waals surface area contributed by atoms with Gasteiger partial charge in [0.05, 0.1) is 17.8 Å². The molecule has 0 radical (unpaired) electrons. The average Bonchev–Trinajstić information content (AvgIpc) is 2.86. The number of nitrogens with zero attached hydrogens (tertiary/aromatic N) is 2. The van der Waals surface area contributed by atoms with Crippen molar-refractivity contribution >= 4 is 10.9 Å². The van der Waals surface area contributed by atoms with Crippen LogP contribution in [0.1, 0.15) is 11.4 Å². The first-order valence-corrected chi connectivity index (χ1v) is 6.05. The molecule has 2 heterocycles. The summed E-state index contributed by atoms with van der Waals surface area (Å²) in [5, 5.41) is 1.17. The first-order valence-electron chi connectivity index (χ1n) is 6.05. The fourth-order valence-corrected chi connectivity index (χ4v) is 2.16.